The molecule has 0 amide bonds. The Hall–Kier alpha value is -0.930. The Balaban J connectivity index is 2.60. The number of hydrogen-bond donors (Lipinski definition) is 1. The van der Waals surface area contributed by atoms with Gasteiger partial charge >= 0.3 is 0 Å². The summed E-state index contributed by atoms with van der Waals surface area (Å²) in [4.78, 5) is 0. The van der Waals surface area contributed by atoms with E-state index in [0.717, 1.165) is 5.56 Å². The number of benzene rings is 1. The lowest BCUT2D eigenvalue weighted by atomic mass is 9.97. The minimum absolute atomic E-state index is 0.264. The average molecular weight is 212 g/mol. The topological polar surface area (TPSA) is 29.5 Å². The Bertz CT molecular complexity index is 310. The Morgan fingerprint density at radius 3 is 2.80 bits per heavy atom. The monoisotopic (exact) mass is 212 g/mol. The highest BCUT2D eigenvalue weighted by Gasteiger charge is 2.21. The molecular formula is C12H17FO2. The van der Waals surface area contributed by atoms with Gasteiger partial charge in [-0.2, -0.15) is 0 Å². The maximum atomic E-state index is 12.9. The molecule has 0 bridgehead atoms. The van der Waals surface area contributed by atoms with Crippen molar-refractivity contribution in [1.82, 2.24) is 0 Å². The van der Waals surface area contributed by atoms with Gasteiger partial charge in [-0.15, -0.1) is 0 Å². The summed E-state index contributed by atoms with van der Waals surface area (Å²) < 4.78 is 18.0. The van der Waals surface area contributed by atoms with Crippen molar-refractivity contribution >= 4 is 0 Å². The lowest BCUT2D eigenvalue weighted by molar-refractivity contribution is -0.0296. The first-order chi connectivity index (χ1) is 7.03. The predicted molar refractivity (Wildman–Crippen MR) is 57.2 cm³/mol. The highest BCUT2D eigenvalue weighted by Crippen LogP contribution is 2.14. The third-order valence-electron chi connectivity index (χ3n) is 2.09. The molecule has 1 aromatic rings. The molecule has 0 aliphatic heterocycles. The van der Waals surface area contributed by atoms with Crippen LogP contribution < -0.4 is 0 Å². The predicted octanol–water partition coefficient (Wildman–Crippen LogP) is 2.16. The van der Waals surface area contributed by atoms with Gasteiger partial charge in [-0.3, -0.25) is 0 Å². The van der Waals surface area contributed by atoms with E-state index in [9.17, 15) is 9.50 Å². The summed E-state index contributed by atoms with van der Waals surface area (Å²) in [6, 6.07) is 6.26. The van der Waals surface area contributed by atoms with Gasteiger partial charge in [-0.1, -0.05) is 12.1 Å². The molecule has 1 rings (SSSR count). The van der Waals surface area contributed by atoms with Gasteiger partial charge in [0.2, 0.25) is 0 Å². The van der Waals surface area contributed by atoms with E-state index < -0.39 is 5.60 Å². The molecule has 0 radical (unpaired) electrons. The van der Waals surface area contributed by atoms with E-state index >= 15 is 0 Å². The van der Waals surface area contributed by atoms with Crippen LogP contribution in [0.25, 0.3) is 0 Å². The third-order valence-corrected chi connectivity index (χ3v) is 2.09. The molecule has 0 fully saturated rings. The number of hydrogen-bond acceptors (Lipinski definition) is 2. The Morgan fingerprint density at radius 1 is 1.47 bits per heavy atom. The molecule has 3 heteroatoms. The molecule has 0 spiro atoms. The highest BCUT2D eigenvalue weighted by atomic mass is 19.1. The van der Waals surface area contributed by atoms with Crippen molar-refractivity contribution in [3.05, 3.63) is 35.6 Å². The van der Waals surface area contributed by atoms with Crippen LogP contribution >= 0.6 is 0 Å². The smallest absolute Gasteiger partial charge is 0.123 e. The second-order valence-corrected chi connectivity index (χ2v) is 3.94. The van der Waals surface area contributed by atoms with E-state index in [4.69, 9.17) is 4.74 Å². The second-order valence-electron chi connectivity index (χ2n) is 3.94. The molecule has 84 valence electrons. The van der Waals surface area contributed by atoms with Crippen LogP contribution in [-0.2, 0) is 11.2 Å². The SMILES string of the molecule is CCOCC(C)(O)Cc1cccc(F)c1. The lowest BCUT2D eigenvalue weighted by Gasteiger charge is -2.22. The molecule has 1 unspecified atom stereocenters. The van der Waals surface area contributed by atoms with Crippen molar-refractivity contribution in [3.63, 3.8) is 0 Å². The van der Waals surface area contributed by atoms with Gasteiger partial charge in [0.05, 0.1) is 12.2 Å². The summed E-state index contributed by atoms with van der Waals surface area (Å²) in [6.45, 7) is 4.39. The van der Waals surface area contributed by atoms with Crippen LogP contribution in [0.2, 0.25) is 0 Å². The van der Waals surface area contributed by atoms with Gasteiger partial charge in [0, 0.05) is 13.0 Å². The van der Waals surface area contributed by atoms with Crippen LogP contribution in [0.4, 0.5) is 4.39 Å². The van der Waals surface area contributed by atoms with Crippen LogP contribution in [-0.4, -0.2) is 23.9 Å². The third kappa shape index (κ3) is 4.40. The number of ether oxygens (including phenoxy) is 1. The fourth-order valence-corrected chi connectivity index (χ4v) is 1.46. The number of rotatable bonds is 5. The quantitative estimate of drug-likeness (QED) is 0.810. The van der Waals surface area contributed by atoms with Crippen LogP contribution in [0.5, 0.6) is 0 Å². The summed E-state index contributed by atoms with van der Waals surface area (Å²) in [5.74, 6) is -0.278. The van der Waals surface area contributed by atoms with Crippen molar-refractivity contribution in [2.75, 3.05) is 13.2 Å². The lowest BCUT2D eigenvalue weighted by Crippen LogP contribution is -2.33. The molecule has 1 N–H and O–H groups in total. The van der Waals surface area contributed by atoms with Crippen molar-refractivity contribution < 1.29 is 14.2 Å². The molecule has 15 heavy (non-hydrogen) atoms. The summed E-state index contributed by atoms with van der Waals surface area (Å²) in [5.41, 5.74) is -0.163. The Morgan fingerprint density at radius 2 is 2.20 bits per heavy atom. The molecule has 0 aromatic heterocycles. The molecule has 1 atom stereocenters. The van der Waals surface area contributed by atoms with Gasteiger partial charge in [-0.25, -0.2) is 4.39 Å². The van der Waals surface area contributed by atoms with E-state index in [1.807, 2.05) is 6.92 Å². The first kappa shape index (κ1) is 12.1. The summed E-state index contributed by atoms with van der Waals surface area (Å²) in [5, 5.41) is 9.94. The van der Waals surface area contributed by atoms with Crippen LogP contribution in [0.15, 0.2) is 24.3 Å². The van der Waals surface area contributed by atoms with E-state index in [1.165, 1.54) is 12.1 Å². The normalized spacial score (nSPS) is 14.9. The zero-order valence-electron chi connectivity index (χ0n) is 9.16. The summed E-state index contributed by atoms with van der Waals surface area (Å²) >= 11 is 0. The van der Waals surface area contributed by atoms with Gasteiger partial charge < -0.3 is 9.84 Å². The van der Waals surface area contributed by atoms with Crippen molar-refractivity contribution in [3.8, 4) is 0 Å². The van der Waals surface area contributed by atoms with E-state index in [1.54, 1.807) is 19.1 Å². The van der Waals surface area contributed by atoms with Gasteiger partial charge in [0.1, 0.15) is 5.82 Å². The van der Waals surface area contributed by atoms with Gasteiger partial charge in [0.15, 0.2) is 0 Å². The Labute approximate surface area is 89.7 Å². The van der Waals surface area contributed by atoms with Crippen molar-refractivity contribution in [2.45, 2.75) is 25.9 Å². The van der Waals surface area contributed by atoms with E-state index in [0.29, 0.717) is 13.0 Å². The number of halogens is 1. The van der Waals surface area contributed by atoms with Crippen molar-refractivity contribution in [1.29, 1.82) is 0 Å². The first-order valence-electron chi connectivity index (χ1n) is 5.08. The molecule has 0 saturated carbocycles. The summed E-state index contributed by atoms with van der Waals surface area (Å²) in [7, 11) is 0. The van der Waals surface area contributed by atoms with Crippen LogP contribution in [0.1, 0.15) is 19.4 Å². The average Bonchev–Trinajstić information content (AvgIpc) is 2.14. The minimum atomic E-state index is -0.941. The molecule has 0 aliphatic rings. The van der Waals surface area contributed by atoms with E-state index in [2.05, 4.69) is 0 Å². The van der Waals surface area contributed by atoms with Gasteiger partial charge in [-0.05, 0) is 31.5 Å². The molecular weight excluding hydrogens is 195 g/mol. The first-order valence-corrected chi connectivity index (χ1v) is 5.08. The van der Waals surface area contributed by atoms with Crippen LogP contribution in [0.3, 0.4) is 0 Å². The zero-order valence-corrected chi connectivity index (χ0v) is 9.16. The van der Waals surface area contributed by atoms with Crippen LogP contribution in [0, 0.1) is 5.82 Å². The maximum absolute atomic E-state index is 12.9. The molecule has 1 aromatic carbocycles. The molecule has 2 nitrogen and oxygen atoms in total. The highest BCUT2D eigenvalue weighted by molar-refractivity contribution is 5.18. The standard InChI is InChI=1S/C12H17FO2/c1-3-15-9-12(2,14)8-10-5-4-6-11(13)7-10/h4-7,14H,3,8-9H2,1-2H3. The fourth-order valence-electron chi connectivity index (χ4n) is 1.46. The number of aliphatic hydroxyl groups is 1. The zero-order chi connectivity index (χ0) is 11.3. The Kier molecular flexibility index (Phi) is 4.24. The molecule has 0 saturated heterocycles. The second kappa shape index (κ2) is 5.24. The van der Waals surface area contributed by atoms with Gasteiger partial charge in [0.25, 0.3) is 0 Å². The van der Waals surface area contributed by atoms with Crippen molar-refractivity contribution in [2.24, 2.45) is 0 Å². The largest absolute Gasteiger partial charge is 0.387 e. The maximum Gasteiger partial charge on any atom is 0.123 e. The molecule has 0 aliphatic carbocycles. The van der Waals surface area contributed by atoms with E-state index in [-0.39, 0.29) is 12.4 Å². The molecule has 0 heterocycles. The fraction of sp³-hybridized carbons (Fsp3) is 0.500. The minimum Gasteiger partial charge on any atom is -0.387 e. The summed E-state index contributed by atoms with van der Waals surface area (Å²) in [6.07, 6.45) is 0.394.